The number of aromatic nitrogens is 3. The molecule has 0 spiro atoms. The molecule has 0 aliphatic rings. The van der Waals surface area contributed by atoms with Crippen molar-refractivity contribution < 1.29 is 4.79 Å². The molecule has 0 saturated heterocycles. The SMILES string of the molecule is CC(N)CNC(=O)C(C)n1cncn1. The summed E-state index contributed by atoms with van der Waals surface area (Å²) in [6.45, 7) is 4.06. The topological polar surface area (TPSA) is 85.8 Å². The highest BCUT2D eigenvalue weighted by atomic mass is 16.2. The van der Waals surface area contributed by atoms with E-state index < -0.39 is 0 Å². The second-order valence-corrected chi connectivity index (χ2v) is 3.27. The molecule has 6 nitrogen and oxygen atoms in total. The van der Waals surface area contributed by atoms with E-state index in [4.69, 9.17) is 5.73 Å². The molecule has 0 aliphatic heterocycles. The van der Waals surface area contributed by atoms with Crippen molar-refractivity contribution >= 4 is 5.91 Å². The highest BCUT2D eigenvalue weighted by Gasteiger charge is 2.14. The van der Waals surface area contributed by atoms with Crippen molar-refractivity contribution in [2.45, 2.75) is 25.9 Å². The molecule has 0 saturated carbocycles. The fourth-order valence-electron chi connectivity index (χ4n) is 0.947. The minimum atomic E-state index is -0.351. The van der Waals surface area contributed by atoms with Crippen LogP contribution in [0.1, 0.15) is 19.9 Å². The van der Waals surface area contributed by atoms with Crippen LogP contribution in [-0.2, 0) is 4.79 Å². The van der Waals surface area contributed by atoms with E-state index in [1.54, 1.807) is 6.92 Å². The monoisotopic (exact) mass is 197 g/mol. The Bertz CT molecular complexity index is 282. The van der Waals surface area contributed by atoms with Crippen LogP contribution in [-0.4, -0.2) is 33.3 Å². The van der Waals surface area contributed by atoms with Gasteiger partial charge in [-0.3, -0.25) is 4.79 Å². The fraction of sp³-hybridized carbons (Fsp3) is 0.625. The van der Waals surface area contributed by atoms with Crippen LogP contribution in [0, 0.1) is 0 Å². The molecule has 0 aromatic carbocycles. The third-order valence-corrected chi connectivity index (χ3v) is 1.81. The van der Waals surface area contributed by atoms with E-state index in [1.807, 2.05) is 6.92 Å². The first kappa shape index (κ1) is 10.6. The van der Waals surface area contributed by atoms with Gasteiger partial charge in [0, 0.05) is 12.6 Å². The van der Waals surface area contributed by atoms with Crippen LogP contribution in [0.2, 0.25) is 0 Å². The molecule has 1 aromatic heterocycles. The Balaban J connectivity index is 2.45. The highest BCUT2D eigenvalue weighted by Crippen LogP contribution is 2.00. The van der Waals surface area contributed by atoms with Gasteiger partial charge in [0.15, 0.2) is 0 Å². The van der Waals surface area contributed by atoms with Crippen LogP contribution in [0.3, 0.4) is 0 Å². The Labute approximate surface area is 82.5 Å². The van der Waals surface area contributed by atoms with Gasteiger partial charge in [0.05, 0.1) is 0 Å². The average Bonchev–Trinajstić information content (AvgIpc) is 2.65. The maximum atomic E-state index is 11.5. The van der Waals surface area contributed by atoms with Crippen molar-refractivity contribution in [2.75, 3.05) is 6.54 Å². The van der Waals surface area contributed by atoms with Crippen LogP contribution < -0.4 is 11.1 Å². The summed E-state index contributed by atoms with van der Waals surface area (Å²) < 4.78 is 1.50. The summed E-state index contributed by atoms with van der Waals surface area (Å²) in [7, 11) is 0. The number of rotatable bonds is 4. The summed E-state index contributed by atoms with van der Waals surface area (Å²) in [6.07, 6.45) is 2.91. The lowest BCUT2D eigenvalue weighted by atomic mass is 10.3. The van der Waals surface area contributed by atoms with Crippen LogP contribution in [0.25, 0.3) is 0 Å². The lowest BCUT2D eigenvalue weighted by Gasteiger charge is -2.13. The van der Waals surface area contributed by atoms with Crippen molar-refractivity contribution in [3.05, 3.63) is 12.7 Å². The lowest BCUT2D eigenvalue weighted by molar-refractivity contribution is -0.124. The van der Waals surface area contributed by atoms with Crippen molar-refractivity contribution in [3.63, 3.8) is 0 Å². The standard InChI is InChI=1S/C8H15N5O/c1-6(9)3-11-8(14)7(2)13-5-10-4-12-13/h4-7H,3,9H2,1-2H3,(H,11,14). The summed E-state index contributed by atoms with van der Waals surface area (Å²) in [5.41, 5.74) is 5.51. The van der Waals surface area contributed by atoms with E-state index >= 15 is 0 Å². The zero-order valence-electron chi connectivity index (χ0n) is 8.34. The normalized spacial score (nSPS) is 14.8. The van der Waals surface area contributed by atoms with Crippen molar-refractivity contribution in [1.82, 2.24) is 20.1 Å². The number of carbonyl (C=O) groups excluding carboxylic acids is 1. The molecule has 6 heteroatoms. The second-order valence-electron chi connectivity index (χ2n) is 3.27. The van der Waals surface area contributed by atoms with E-state index in [0.717, 1.165) is 0 Å². The van der Waals surface area contributed by atoms with Gasteiger partial charge in [-0.25, -0.2) is 9.67 Å². The van der Waals surface area contributed by atoms with E-state index in [-0.39, 0.29) is 18.0 Å². The van der Waals surface area contributed by atoms with E-state index in [9.17, 15) is 4.79 Å². The maximum absolute atomic E-state index is 11.5. The van der Waals surface area contributed by atoms with Crippen molar-refractivity contribution in [2.24, 2.45) is 5.73 Å². The molecule has 2 atom stereocenters. The summed E-state index contributed by atoms with van der Waals surface area (Å²) in [6, 6.07) is -0.391. The minimum Gasteiger partial charge on any atom is -0.353 e. The van der Waals surface area contributed by atoms with Gasteiger partial charge in [-0.05, 0) is 13.8 Å². The smallest absolute Gasteiger partial charge is 0.244 e. The Hall–Kier alpha value is -1.43. The highest BCUT2D eigenvalue weighted by molar-refractivity contribution is 5.79. The molecular weight excluding hydrogens is 182 g/mol. The zero-order valence-corrected chi connectivity index (χ0v) is 8.34. The molecule has 0 fully saturated rings. The third-order valence-electron chi connectivity index (χ3n) is 1.81. The number of amides is 1. The lowest BCUT2D eigenvalue weighted by Crippen LogP contribution is -2.38. The molecule has 1 heterocycles. The van der Waals surface area contributed by atoms with Gasteiger partial charge in [0.25, 0.3) is 0 Å². The van der Waals surface area contributed by atoms with Gasteiger partial charge < -0.3 is 11.1 Å². The third kappa shape index (κ3) is 2.81. The van der Waals surface area contributed by atoms with Crippen molar-refractivity contribution in [3.8, 4) is 0 Å². The molecule has 2 unspecified atom stereocenters. The molecule has 3 N–H and O–H groups in total. The molecule has 0 radical (unpaired) electrons. The van der Waals surface area contributed by atoms with Gasteiger partial charge in [-0.15, -0.1) is 0 Å². The van der Waals surface area contributed by atoms with Crippen LogP contribution in [0.5, 0.6) is 0 Å². The summed E-state index contributed by atoms with van der Waals surface area (Å²) in [5.74, 6) is -0.104. The summed E-state index contributed by atoms with van der Waals surface area (Å²) >= 11 is 0. The first-order valence-corrected chi connectivity index (χ1v) is 4.48. The predicted molar refractivity (Wildman–Crippen MR) is 51.4 cm³/mol. The van der Waals surface area contributed by atoms with Gasteiger partial charge in [0.1, 0.15) is 18.7 Å². The van der Waals surface area contributed by atoms with Gasteiger partial charge in [-0.1, -0.05) is 0 Å². The first-order chi connectivity index (χ1) is 6.61. The van der Waals surface area contributed by atoms with Gasteiger partial charge in [0.2, 0.25) is 5.91 Å². The van der Waals surface area contributed by atoms with Gasteiger partial charge >= 0.3 is 0 Å². The predicted octanol–water partition coefficient (Wildman–Crippen LogP) is -0.697. The number of hydrogen-bond acceptors (Lipinski definition) is 4. The Kier molecular flexibility index (Phi) is 3.58. The number of carbonyl (C=O) groups is 1. The Morgan fingerprint density at radius 2 is 2.36 bits per heavy atom. The average molecular weight is 197 g/mol. The molecule has 14 heavy (non-hydrogen) atoms. The first-order valence-electron chi connectivity index (χ1n) is 4.48. The largest absolute Gasteiger partial charge is 0.353 e. The summed E-state index contributed by atoms with van der Waals surface area (Å²) in [5, 5.41) is 6.60. The molecular formula is C8H15N5O. The van der Waals surface area contributed by atoms with E-state index in [2.05, 4.69) is 15.4 Å². The summed E-state index contributed by atoms with van der Waals surface area (Å²) in [4.78, 5) is 15.3. The van der Waals surface area contributed by atoms with E-state index in [0.29, 0.717) is 6.54 Å². The molecule has 1 aromatic rings. The molecule has 0 aliphatic carbocycles. The van der Waals surface area contributed by atoms with Crippen molar-refractivity contribution in [1.29, 1.82) is 0 Å². The van der Waals surface area contributed by atoms with E-state index in [1.165, 1.54) is 17.3 Å². The number of nitrogens with two attached hydrogens (primary N) is 1. The molecule has 1 rings (SSSR count). The van der Waals surface area contributed by atoms with Gasteiger partial charge in [-0.2, -0.15) is 5.10 Å². The fourth-order valence-corrected chi connectivity index (χ4v) is 0.947. The maximum Gasteiger partial charge on any atom is 0.244 e. The zero-order chi connectivity index (χ0) is 10.6. The number of nitrogens with one attached hydrogen (secondary N) is 1. The number of nitrogens with zero attached hydrogens (tertiary/aromatic N) is 3. The second kappa shape index (κ2) is 4.71. The molecule has 1 amide bonds. The number of hydrogen-bond donors (Lipinski definition) is 2. The molecule has 78 valence electrons. The molecule has 0 bridgehead atoms. The Morgan fingerprint density at radius 3 is 2.86 bits per heavy atom. The minimum absolute atomic E-state index is 0.0399. The van der Waals surface area contributed by atoms with Crippen LogP contribution in [0.15, 0.2) is 12.7 Å². The van der Waals surface area contributed by atoms with Crippen LogP contribution in [0.4, 0.5) is 0 Å². The Morgan fingerprint density at radius 1 is 1.64 bits per heavy atom. The van der Waals surface area contributed by atoms with Crippen LogP contribution >= 0.6 is 0 Å². The quantitative estimate of drug-likeness (QED) is 0.668.